The van der Waals surface area contributed by atoms with Crippen molar-refractivity contribution < 1.29 is 23.0 Å². The van der Waals surface area contributed by atoms with Gasteiger partial charge in [0, 0.05) is 36.1 Å². The first-order chi connectivity index (χ1) is 11.0. The molecule has 0 aliphatic carbocycles. The first-order valence-electron chi connectivity index (χ1n) is 7.03. The molecule has 1 N–H and O–H groups in total. The fraction of sp³-hybridized carbons (Fsp3) is 0.235. The number of hydrogen-bond donors (Lipinski definition) is 1. The van der Waals surface area contributed by atoms with Gasteiger partial charge in [-0.1, -0.05) is 0 Å². The molecule has 1 amide bonds. The van der Waals surface area contributed by atoms with Crippen molar-refractivity contribution in [2.75, 3.05) is 19.5 Å². The molecule has 23 heavy (non-hydrogen) atoms. The highest BCUT2D eigenvalue weighted by molar-refractivity contribution is 5.96. The van der Waals surface area contributed by atoms with E-state index in [1.807, 2.05) is 0 Å². The second kappa shape index (κ2) is 5.87. The zero-order valence-electron chi connectivity index (χ0n) is 12.7. The summed E-state index contributed by atoms with van der Waals surface area (Å²) in [5.74, 6) is -1.08. The second-order valence-electron chi connectivity index (χ2n) is 5.30. The van der Waals surface area contributed by atoms with Crippen molar-refractivity contribution in [3.63, 3.8) is 0 Å². The van der Waals surface area contributed by atoms with Crippen LogP contribution in [-0.2, 0) is 4.79 Å². The monoisotopic (exact) mass is 319 g/mol. The normalized spacial score (nSPS) is 16.5. The van der Waals surface area contributed by atoms with Crippen LogP contribution in [0.1, 0.15) is 23.5 Å². The molecule has 4 nitrogen and oxygen atoms in total. The van der Waals surface area contributed by atoms with E-state index >= 15 is 0 Å². The Morgan fingerprint density at radius 1 is 1.04 bits per heavy atom. The number of carbonyl (C=O) groups excluding carboxylic acids is 1. The maximum absolute atomic E-state index is 13.6. The number of hydrogen-bond acceptors (Lipinski definition) is 3. The Labute approximate surface area is 132 Å². The molecule has 2 aromatic carbocycles. The van der Waals surface area contributed by atoms with E-state index in [0.29, 0.717) is 28.3 Å². The van der Waals surface area contributed by atoms with Gasteiger partial charge in [0.2, 0.25) is 5.91 Å². The van der Waals surface area contributed by atoms with Crippen molar-refractivity contribution in [3.05, 3.63) is 53.1 Å². The topological polar surface area (TPSA) is 47.6 Å². The van der Waals surface area contributed by atoms with Gasteiger partial charge < -0.3 is 14.8 Å². The van der Waals surface area contributed by atoms with Gasteiger partial charge in [0.25, 0.3) is 0 Å². The summed E-state index contributed by atoms with van der Waals surface area (Å²) in [4.78, 5) is 12.0. The van der Waals surface area contributed by atoms with E-state index in [1.165, 1.54) is 26.4 Å². The van der Waals surface area contributed by atoms with E-state index in [1.54, 1.807) is 12.1 Å². The van der Waals surface area contributed by atoms with Gasteiger partial charge in [-0.3, -0.25) is 4.79 Å². The fourth-order valence-corrected chi connectivity index (χ4v) is 2.90. The van der Waals surface area contributed by atoms with Crippen molar-refractivity contribution in [1.29, 1.82) is 0 Å². The van der Waals surface area contributed by atoms with Crippen molar-refractivity contribution in [1.82, 2.24) is 0 Å². The van der Waals surface area contributed by atoms with Crippen LogP contribution in [0.4, 0.5) is 14.5 Å². The summed E-state index contributed by atoms with van der Waals surface area (Å²) in [6, 6.07) is 6.62. The van der Waals surface area contributed by atoms with E-state index < -0.39 is 17.6 Å². The maximum Gasteiger partial charge on any atom is 0.225 e. The van der Waals surface area contributed by atoms with Crippen LogP contribution in [0, 0.1) is 11.6 Å². The minimum atomic E-state index is -0.681. The van der Waals surface area contributed by atoms with Gasteiger partial charge in [-0.2, -0.15) is 0 Å². The van der Waals surface area contributed by atoms with Crippen molar-refractivity contribution in [2.24, 2.45) is 0 Å². The van der Waals surface area contributed by atoms with Crippen molar-refractivity contribution in [2.45, 2.75) is 12.3 Å². The summed E-state index contributed by atoms with van der Waals surface area (Å²) in [6.45, 7) is 0. The van der Waals surface area contributed by atoms with Crippen LogP contribution in [-0.4, -0.2) is 20.1 Å². The van der Waals surface area contributed by atoms with Gasteiger partial charge in [-0.05, 0) is 17.7 Å². The molecule has 1 heterocycles. The summed E-state index contributed by atoms with van der Waals surface area (Å²) in [6.07, 6.45) is 0.0819. The molecule has 3 rings (SSSR count). The molecule has 0 saturated carbocycles. The van der Waals surface area contributed by atoms with E-state index in [-0.39, 0.29) is 12.3 Å². The molecule has 0 bridgehead atoms. The van der Waals surface area contributed by atoms with E-state index in [0.717, 1.165) is 6.07 Å². The number of carbonyl (C=O) groups is 1. The molecule has 2 aromatic rings. The van der Waals surface area contributed by atoms with E-state index in [9.17, 15) is 13.6 Å². The highest BCUT2D eigenvalue weighted by atomic mass is 19.1. The molecule has 1 aliphatic heterocycles. The molecule has 0 saturated heterocycles. The standard InChI is InChI=1S/C17H15F2NO3/c1-22-12-6-14-17(15(7-12)23-2)13(8-16(21)20-14)9-3-10(18)5-11(19)4-9/h3-7,13H,8H2,1-2H3,(H,20,21). The SMILES string of the molecule is COc1cc2c(c(OC)c1)C(c1cc(F)cc(F)c1)CC(=O)N2. The Morgan fingerprint density at radius 3 is 2.35 bits per heavy atom. The predicted octanol–water partition coefficient (Wildman–Crippen LogP) is 3.46. The number of anilines is 1. The van der Waals surface area contributed by atoms with Crippen LogP contribution in [0.3, 0.4) is 0 Å². The summed E-state index contributed by atoms with van der Waals surface area (Å²) in [7, 11) is 3.00. The molecular weight excluding hydrogens is 304 g/mol. The molecule has 120 valence electrons. The molecule has 6 heteroatoms. The minimum absolute atomic E-state index is 0.0819. The summed E-state index contributed by atoms with van der Waals surface area (Å²) >= 11 is 0. The first-order valence-corrected chi connectivity index (χ1v) is 7.03. The summed E-state index contributed by atoms with van der Waals surface area (Å²) in [5, 5.41) is 2.75. The Balaban J connectivity index is 2.19. The molecule has 0 radical (unpaired) electrons. The van der Waals surface area contributed by atoms with Crippen molar-refractivity contribution in [3.8, 4) is 11.5 Å². The minimum Gasteiger partial charge on any atom is -0.497 e. The summed E-state index contributed by atoms with van der Waals surface area (Å²) < 4.78 is 37.7. The molecule has 0 aromatic heterocycles. The van der Waals surface area contributed by atoms with Gasteiger partial charge in [0.1, 0.15) is 23.1 Å². The average molecular weight is 319 g/mol. The third kappa shape index (κ3) is 2.84. The zero-order chi connectivity index (χ0) is 16.6. The van der Waals surface area contributed by atoms with E-state index in [2.05, 4.69) is 5.32 Å². The van der Waals surface area contributed by atoms with Crippen LogP contribution in [0.25, 0.3) is 0 Å². The first kappa shape index (κ1) is 15.3. The number of amides is 1. The van der Waals surface area contributed by atoms with Gasteiger partial charge in [-0.25, -0.2) is 8.78 Å². The lowest BCUT2D eigenvalue weighted by Gasteiger charge is -2.28. The quantitative estimate of drug-likeness (QED) is 0.942. The smallest absolute Gasteiger partial charge is 0.225 e. The molecule has 1 unspecified atom stereocenters. The highest BCUT2D eigenvalue weighted by Crippen LogP contribution is 2.45. The van der Waals surface area contributed by atoms with Gasteiger partial charge in [-0.15, -0.1) is 0 Å². The summed E-state index contributed by atoms with van der Waals surface area (Å²) in [5.41, 5.74) is 1.59. The molecule has 1 aliphatic rings. The maximum atomic E-state index is 13.6. The lowest BCUT2D eigenvalue weighted by atomic mass is 9.84. The van der Waals surface area contributed by atoms with E-state index in [4.69, 9.17) is 9.47 Å². The number of benzene rings is 2. The largest absolute Gasteiger partial charge is 0.497 e. The Kier molecular flexibility index (Phi) is 3.90. The zero-order valence-corrected chi connectivity index (χ0v) is 12.7. The fourth-order valence-electron chi connectivity index (χ4n) is 2.90. The molecule has 0 spiro atoms. The van der Waals surface area contributed by atoms with Crippen LogP contribution >= 0.6 is 0 Å². The van der Waals surface area contributed by atoms with Crippen LogP contribution in [0.5, 0.6) is 11.5 Å². The Bertz CT molecular complexity index is 756. The third-order valence-electron chi connectivity index (χ3n) is 3.87. The number of methoxy groups -OCH3 is 2. The highest BCUT2D eigenvalue weighted by Gasteiger charge is 2.31. The van der Waals surface area contributed by atoms with Gasteiger partial charge in [0.15, 0.2) is 0 Å². The number of ether oxygens (including phenoxy) is 2. The van der Waals surface area contributed by atoms with Gasteiger partial charge >= 0.3 is 0 Å². The van der Waals surface area contributed by atoms with Crippen LogP contribution in [0.2, 0.25) is 0 Å². The average Bonchev–Trinajstić information content (AvgIpc) is 2.51. The Hall–Kier alpha value is -2.63. The third-order valence-corrected chi connectivity index (χ3v) is 3.87. The lowest BCUT2D eigenvalue weighted by molar-refractivity contribution is -0.116. The van der Waals surface area contributed by atoms with Gasteiger partial charge in [0.05, 0.1) is 19.9 Å². The second-order valence-corrected chi connectivity index (χ2v) is 5.30. The number of rotatable bonds is 3. The number of fused-ring (bicyclic) bond motifs is 1. The van der Waals surface area contributed by atoms with Crippen molar-refractivity contribution >= 4 is 11.6 Å². The van der Waals surface area contributed by atoms with Crippen LogP contribution in [0.15, 0.2) is 30.3 Å². The molecule has 0 fully saturated rings. The predicted molar refractivity (Wildman–Crippen MR) is 81.0 cm³/mol. The molecular formula is C17H15F2NO3. The van der Waals surface area contributed by atoms with Crippen LogP contribution < -0.4 is 14.8 Å². The lowest BCUT2D eigenvalue weighted by Crippen LogP contribution is -2.24. The molecule has 1 atom stereocenters. The number of halogens is 2. The Morgan fingerprint density at radius 2 is 1.74 bits per heavy atom. The number of nitrogens with one attached hydrogen (secondary N) is 1.